The summed E-state index contributed by atoms with van der Waals surface area (Å²) < 4.78 is 43.8. The molecule has 0 radical (unpaired) electrons. The Kier molecular flexibility index (Phi) is 4.15. The highest BCUT2D eigenvalue weighted by Gasteiger charge is 2.30. The van der Waals surface area contributed by atoms with E-state index < -0.39 is 17.7 Å². The Hall–Kier alpha value is -2.51. The predicted octanol–water partition coefficient (Wildman–Crippen LogP) is 2.74. The predicted molar refractivity (Wildman–Crippen MR) is 66.3 cm³/mol. The minimum Gasteiger partial charge on any atom is -0.490 e. The van der Waals surface area contributed by atoms with Crippen LogP contribution in [0.2, 0.25) is 0 Å². The van der Waals surface area contributed by atoms with Gasteiger partial charge < -0.3 is 9.84 Å². The number of hydrogen-bond donors (Lipinski definition) is 1. The fraction of sp³-hybridized carbons (Fsp3) is 0.231. The van der Waals surface area contributed by atoms with Gasteiger partial charge >= 0.3 is 12.1 Å². The summed E-state index contributed by atoms with van der Waals surface area (Å²) in [7, 11) is 0. The van der Waals surface area contributed by atoms with E-state index in [9.17, 15) is 18.0 Å². The number of nitrogens with zero attached hydrogens (tertiary/aromatic N) is 2. The molecule has 2 rings (SSSR count). The molecule has 8 heteroatoms. The zero-order chi connectivity index (χ0) is 15.5. The van der Waals surface area contributed by atoms with E-state index in [-0.39, 0.29) is 13.0 Å². The van der Waals surface area contributed by atoms with Gasteiger partial charge in [-0.15, -0.1) is 0 Å². The number of aromatic nitrogens is 2. The molecule has 0 saturated heterocycles. The number of benzene rings is 1. The molecule has 2 aromatic rings. The zero-order valence-electron chi connectivity index (χ0n) is 10.7. The first-order chi connectivity index (χ1) is 9.86. The molecule has 5 nitrogen and oxygen atoms in total. The third kappa shape index (κ3) is 3.98. The van der Waals surface area contributed by atoms with Gasteiger partial charge in [-0.25, -0.2) is 4.68 Å². The van der Waals surface area contributed by atoms with Crippen LogP contribution in [0.4, 0.5) is 13.2 Å². The van der Waals surface area contributed by atoms with Crippen LogP contribution in [0.5, 0.6) is 5.75 Å². The number of alkyl halides is 3. The van der Waals surface area contributed by atoms with Crippen LogP contribution < -0.4 is 4.74 Å². The Labute approximate surface area is 117 Å². The van der Waals surface area contributed by atoms with Crippen LogP contribution in [0, 0.1) is 0 Å². The van der Waals surface area contributed by atoms with Crippen molar-refractivity contribution in [1.29, 1.82) is 0 Å². The quantitative estimate of drug-likeness (QED) is 0.922. The van der Waals surface area contributed by atoms with Crippen molar-refractivity contribution in [2.75, 3.05) is 6.61 Å². The second-order valence-corrected chi connectivity index (χ2v) is 4.16. The van der Waals surface area contributed by atoms with Crippen LogP contribution in [0.15, 0.2) is 36.7 Å². The molecule has 1 heterocycles. The van der Waals surface area contributed by atoms with Gasteiger partial charge in [-0.3, -0.25) is 4.79 Å². The molecule has 0 unspecified atom stereocenters. The van der Waals surface area contributed by atoms with Gasteiger partial charge in [0.25, 0.3) is 0 Å². The lowest BCUT2D eigenvalue weighted by Gasteiger charge is -2.07. The Bertz CT molecular complexity index is 620. The number of ether oxygens (including phenoxy) is 1. The second-order valence-electron chi connectivity index (χ2n) is 4.16. The van der Waals surface area contributed by atoms with Crippen LogP contribution in [0.3, 0.4) is 0 Å². The number of aliphatic carboxylic acids is 1. The molecule has 112 valence electrons. The molecule has 21 heavy (non-hydrogen) atoms. The molecule has 0 amide bonds. The van der Waals surface area contributed by atoms with Crippen LogP contribution in [0.25, 0.3) is 5.69 Å². The van der Waals surface area contributed by atoms with E-state index in [0.717, 1.165) is 12.1 Å². The molecule has 0 aliphatic heterocycles. The second kappa shape index (κ2) is 5.86. The number of carbonyl (C=O) groups is 1. The van der Waals surface area contributed by atoms with E-state index in [2.05, 4.69) is 5.10 Å². The van der Waals surface area contributed by atoms with Gasteiger partial charge in [0, 0.05) is 0 Å². The number of hydrogen-bond acceptors (Lipinski definition) is 3. The smallest absolute Gasteiger partial charge is 0.416 e. The van der Waals surface area contributed by atoms with Gasteiger partial charge in [-0.1, -0.05) is 0 Å². The third-order valence-electron chi connectivity index (χ3n) is 2.60. The fourth-order valence-electron chi connectivity index (χ4n) is 1.58. The van der Waals surface area contributed by atoms with Crippen molar-refractivity contribution < 1.29 is 27.8 Å². The summed E-state index contributed by atoms with van der Waals surface area (Å²) in [5.41, 5.74) is -0.299. The van der Waals surface area contributed by atoms with E-state index in [0.29, 0.717) is 11.4 Å². The van der Waals surface area contributed by atoms with Gasteiger partial charge in [-0.2, -0.15) is 18.3 Å². The molecule has 0 aliphatic rings. The summed E-state index contributed by atoms with van der Waals surface area (Å²) in [5, 5.41) is 12.4. The molecule has 1 aromatic carbocycles. The summed E-state index contributed by atoms with van der Waals surface area (Å²) in [5.74, 6) is -0.638. The van der Waals surface area contributed by atoms with Crippen LogP contribution in [0.1, 0.15) is 12.0 Å². The maximum absolute atomic E-state index is 12.4. The Morgan fingerprint density at radius 1 is 1.29 bits per heavy atom. The lowest BCUT2D eigenvalue weighted by atomic mass is 10.2. The summed E-state index contributed by atoms with van der Waals surface area (Å²) in [4.78, 5) is 10.3. The fourth-order valence-corrected chi connectivity index (χ4v) is 1.58. The van der Waals surface area contributed by atoms with E-state index in [1.165, 1.54) is 29.2 Å². The van der Waals surface area contributed by atoms with Crippen LogP contribution >= 0.6 is 0 Å². The first-order valence-electron chi connectivity index (χ1n) is 5.93. The molecular formula is C13H11F3N2O3. The highest BCUT2D eigenvalue weighted by Crippen LogP contribution is 2.29. The molecule has 1 N–H and O–H groups in total. The number of carboxylic acid groups (broad SMARTS) is 1. The summed E-state index contributed by atoms with van der Waals surface area (Å²) >= 11 is 0. The lowest BCUT2D eigenvalue weighted by molar-refractivity contribution is -0.138. The molecule has 0 aliphatic carbocycles. The number of halogens is 3. The van der Waals surface area contributed by atoms with Crippen LogP contribution in [-0.2, 0) is 11.0 Å². The Morgan fingerprint density at radius 2 is 1.95 bits per heavy atom. The summed E-state index contributed by atoms with van der Waals surface area (Å²) in [6, 6.07) is 4.50. The molecule has 0 saturated carbocycles. The van der Waals surface area contributed by atoms with E-state index >= 15 is 0 Å². The first kappa shape index (κ1) is 14.9. The van der Waals surface area contributed by atoms with Gasteiger partial charge in [0.15, 0.2) is 5.75 Å². The lowest BCUT2D eigenvalue weighted by Crippen LogP contribution is -2.05. The van der Waals surface area contributed by atoms with Crippen molar-refractivity contribution in [3.8, 4) is 11.4 Å². The number of rotatable bonds is 5. The first-order valence-corrected chi connectivity index (χ1v) is 5.93. The highest BCUT2D eigenvalue weighted by molar-refractivity contribution is 5.66. The Balaban J connectivity index is 2.05. The molecular weight excluding hydrogens is 289 g/mol. The Morgan fingerprint density at radius 3 is 2.52 bits per heavy atom. The standard InChI is InChI=1S/C13H11F3N2O3/c14-13(15,16)9-1-3-10(4-2-9)18-8-11(7-17-18)21-6-5-12(19)20/h1-4,7-8H,5-6H2,(H,19,20). The van der Waals surface area contributed by atoms with Crippen molar-refractivity contribution in [2.45, 2.75) is 12.6 Å². The highest BCUT2D eigenvalue weighted by atomic mass is 19.4. The van der Waals surface area contributed by atoms with E-state index in [4.69, 9.17) is 9.84 Å². The normalized spacial score (nSPS) is 11.4. The topological polar surface area (TPSA) is 64.3 Å². The van der Waals surface area contributed by atoms with Crippen molar-refractivity contribution in [2.24, 2.45) is 0 Å². The maximum Gasteiger partial charge on any atom is 0.416 e. The monoisotopic (exact) mass is 300 g/mol. The summed E-state index contributed by atoms with van der Waals surface area (Å²) in [6.07, 6.45) is -1.71. The van der Waals surface area contributed by atoms with E-state index in [1.54, 1.807) is 0 Å². The molecule has 0 fully saturated rings. The average Bonchev–Trinajstić information content (AvgIpc) is 2.86. The number of carboxylic acids is 1. The SMILES string of the molecule is O=C(O)CCOc1cnn(-c2ccc(C(F)(F)F)cc2)c1. The third-order valence-corrected chi connectivity index (χ3v) is 2.60. The van der Waals surface area contributed by atoms with Crippen molar-refractivity contribution >= 4 is 5.97 Å². The van der Waals surface area contributed by atoms with Crippen molar-refractivity contribution in [1.82, 2.24) is 9.78 Å². The van der Waals surface area contributed by atoms with Gasteiger partial charge in [0.2, 0.25) is 0 Å². The zero-order valence-corrected chi connectivity index (χ0v) is 10.7. The van der Waals surface area contributed by atoms with E-state index in [1.807, 2.05) is 0 Å². The largest absolute Gasteiger partial charge is 0.490 e. The minimum atomic E-state index is -4.38. The van der Waals surface area contributed by atoms with Gasteiger partial charge in [0.05, 0.1) is 36.7 Å². The average molecular weight is 300 g/mol. The minimum absolute atomic E-state index is 0.00591. The van der Waals surface area contributed by atoms with Gasteiger partial charge in [0.1, 0.15) is 0 Å². The van der Waals surface area contributed by atoms with Crippen molar-refractivity contribution in [3.63, 3.8) is 0 Å². The van der Waals surface area contributed by atoms with Crippen LogP contribution in [-0.4, -0.2) is 27.5 Å². The van der Waals surface area contributed by atoms with Gasteiger partial charge in [-0.05, 0) is 24.3 Å². The molecule has 0 bridgehead atoms. The molecule has 1 aromatic heterocycles. The molecule has 0 atom stereocenters. The maximum atomic E-state index is 12.4. The van der Waals surface area contributed by atoms with Crippen molar-refractivity contribution in [3.05, 3.63) is 42.2 Å². The summed E-state index contributed by atoms with van der Waals surface area (Å²) in [6.45, 7) is -0.00591. The molecule has 0 spiro atoms.